The number of hydrogen-bond acceptors (Lipinski definition) is 8. The maximum atomic E-state index is 14.7. The molecule has 2 fully saturated rings. The molecule has 4 heterocycles. The Morgan fingerprint density at radius 1 is 0.681 bits per heavy atom. The molecule has 384 valence electrons. The average molecular weight is 1020 g/mol. The molecular weight excluding hydrogens is 971 g/mol. The van der Waals surface area contributed by atoms with Gasteiger partial charge >= 0.3 is 12.1 Å². The summed E-state index contributed by atoms with van der Waals surface area (Å²) >= 11 is 0. The van der Waals surface area contributed by atoms with Gasteiger partial charge in [0.15, 0.2) is 46.5 Å². The minimum absolute atomic E-state index is 0.0312. The number of nitrogens with one attached hydrogen (secondary N) is 2. The second kappa shape index (κ2) is 22.4. The fourth-order valence-electron chi connectivity index (χ4n) is 8.29. The van der Waals surface area contributed by atoms with E-state index in [0.29, 0.717) is 23.4 Å². The van der Waals surface area contributed by atoms with Crippen LogP contribution in [-0.2, 0) is 18.8 Å². The van der Waals surface area contributed by atoms with Crippen LogP contribution in [0.15, 0.2) is 73.1 Å². The molecular formula is C49H48F10N8O5. The molecule has 0 aliphatic carbocycles. The number of piperidine rings is 2. The lowest BCUT2D eigenvalue weighted by Gasteiger charge is -2.37. The number of likely N-dealkylation sites (tertiary alicyclic amines) is 1. The fourth-order valence-corrected chi connectivity index (χ4v) is 8.29. The van der Waals surface area contributed by atoms with E-state index in [9.17, 15) is 58.3 Å². The third-order valence-corrected chi connectivity index (χ3v) is 11.8. The van der Waals surface area contributed by atoms with Crippen molar-refractivity contribution in [2.45, 2.75) is 63.1 Å². The van der Waals surface area contributed by atoms with Gasteiger partial charge in [0.25, 0.3) is 5.91 Å². The number of benzene rings is 4. The molecule has 0 unspecified atom stereocenters. The fraction of sp³-hybridized carbons (Fsp3) is 0.327. The van der Waals surface area contributed by atoms with Crippen LogP contribution in [-0.4, -0.2) is 91.4 Å². The molecule has 2 aliphatic rings. The number of carbonyl (C=O) groups excluding carboxylic acids is 2. The Labute approximate surface area is 405 Å². The van der Waals surface area contributed by atoms with Crippen molar-refractivity contribution in [2.75, 3.05) is 26.2 Å². The van der Waals surface area contributed by atoms with Gasteiger partial charge < -0.3 is 31.1 Å². The Hall–Kier alpha value is -7.27. The molecule has 6 aromatic rings. The van der Waals surface area contributed by atoms with Gasteiger partial charge in [-0.15, -0.1) is 0 Å². The first-order valence-corrected chi connectivity index (χ1v) is 22.1. The van der Waals surface area contributed by atoms with E-state index in [1.54, 1.807) is 80.9 Å². The molecule has 2 aliphatic heterocycles. The molecule has 2 aromatic heterocycles. The molecule has 8 rings (SSSR count). The van der Waals surface area contributed by atoms with Gasteiger partial charge in [-0.3, -0.25) is 14.2 Å². The zero-order chi connectivity index (χ0) is 52.9. The number of rotatable bonds is 7. The van der Waals surface area contributed by atoms with Crippen LogP contribution < -0.4 is 16.4 Å². The van der Waals surface area contributed by atoms with E-state index in [4.69, 9.17) is 15.6 Å². The highest BCUT2D eigenvalue weighted by Crippen LogP contribution is 2.35. The number of nitrogens with two attached hydrogens (primary N) is 1. The first-order valence-electron chi connectivity index (χ1n) is 22.1. The molecule has 72 heavy (non-hydrogen) atoms. The minimum atomic E-state index is -1.51. The molecule has 0 saturated carbocycles. The van der Waals surface area contributed by atoms with Crippen LogP contribution in [0.3, 0.4) is 0 Å². The van der Waals surface area contributed by atoms with Crippen LogP contribution in [0.2, 0.25) is 0 Å². The third kappa shape index (κ3) is 12.2. The summed E-state index contributed by atoms with van der Waals surface area (Å²) in [6, 6.07) is 9.96. The number of halogens is 10. The van der Waals surface area contributed by atoms with E-state index in [-0.39, 0.29) is 55.7 Å². The van der Waals surface area contributed by atoms with Crippen molar-refractivity contribution in [3.05, 3.63) is 153 Å². The molecule has 2 saturated heterocycles. The summed E-state index contributed by atoms with van der Waals surface area (Å²) in [6.45, 7) is 5.61. The molecule has 0 spiro atoms. The van der Waals surface area contributed by atoms with Crippen molar-refractivity contribution >= 4 is 18.0 Å². The summed E-state index contributed by atoms with van der Waals surface area (Å²) in [4.78, 5) is 36.7. The normalized spacial score (nSPS) is 17.8. The van der Waals surface area contributed by atoms with Crippen LogP contribution >= 0.6 is 0 Å². The van der Waals surface area contributed by atoms with Crippen LogP contribution in [0.25, 0.3) is 22.5 Å². The van der Waals surface area contributed by atoms with Crippen LogP contribution in [0.1, 0.15) is 77.3 Å². The predicted octanol–water partition coefficient (Wildman–Crippen LogP) is 8.88. The van der Waals surface area contributed by atoms with Crippen LogP contribution in [0, 0.1) is 58.2 Å². The predicted molar refractivity (Wildman–Crippen MR) is 241 cm³/mol. The quantitative estimate of drug-likeness (QED) is 0.0902. The number of carboxylic acid groups (broad SMARTS) is 1. The van der Waals surface area contributed by atoms with E-state index in [1.807, 2.05) is 0 Å². The average Bonchev–Trinajstić information content (AvgIpc) is 3.95. The highest BCUT2D eigenvalue weighted by Gasteiger charge is 2.38. The van der Waals surface area contributed by atoms with Crippen molar-refractivity contribution < 1.29 is 68.1 Å². The lowest BCUT2D eigenvalue weighted by molar-refractivity contribution is 0.0184. The van der Waals surface area contributed by atoms with Crippen LogP contribution in [0.4, 0.5) is 48.7 Å². The van der Waals surface area contributed by atoms with Crippen molar-refractivity contribution in [1.29, 1.82) is 0 Å². The van der Waals surface area contributed by atoms with Gasteiger partial charge in [0, 0.05) is 104 Å². The lowest BCUT2D eigenvalue weighted by atomic mass is 9.85. The number of amides is 2. The number of carboxylic acids is 1. The standard InChI is InChI=1S/C22H19F5N4O.C16H20F4N2O2.C11H9FN2O2/c1-31-18(5-7-29-31)11-2-3-12(14(23)8-11)22(32)30-17-10-28-6-4-13(17)19-20(26)15(24)9-16(25)21(19)27;1-16(2,3)24-15(23)22-5-4-8(11(21)7-22)12-13(19)9(17)6-10(18)14(12)20;1-14-10(4-5-13-14)7-2-3-8(11(15)16)9(12)6-7/h2-3,5,7-9,13,17,28H,4,6,10H2,1H3,(H,30,32);6,8,11H,4-5,7,21H2,1-3H3;2-6H,1H3,(H,15,16)/t13-,17-;8-,11-;/m11./s1. The maximum absolute atomic E-state index is 14.7. The van der Waals surface area contributed by atoms with Gasteiger partial charge in [0.2, 0.25) is 0 Å². The first-order chi connectivity index (χ1) is 33.9. The monoisotopic (exact) mass is 1020 g/mol. The van der Waals surface area contributed by atoms with Crippen molar-refractivity contribution in [3.8, 4) is 22.5 Å². The van der Waals surface area contributed by atoms with Crippen molar-refractivity contribution in [3.63, 3.8) is 0 Å². The maximum Gasteiger partial charge on any atom is 0.410 e. The van der Waals surface area contributed by atoms with Gasteiger partial charge in [0.1, 0.15) is 17.2 Å². The molecule has 0 bridgehead atoms. The topological polar surface area (TPSA) is 170 Å². The number of aromatic carboxylic acids is 1. The molecule has 5 N–H and O–H groups in total. The Morgan fingerprint density at radius 2 is 1.15 bits per heavy atom. The van der Waals surface area contributed by atoms with Gasteiger partial charge in [-0.1, -0.05) is 12.1 Å². The number of ether oxygens (including phenoxy) is 1. The Kier molecular flexibility index (Phi) is 16.8. The number of nitrogens with zero attached hydrogens (tertiary/aromatic N) is 5. The zero-order valence-electron chi connectivity index (χ0n) is 39.2. The minimum Gasteiger partial charge on any atom is -0.478 e. The molecule has 13 nitrogen and oxygen atoms in total. The number of aromatic nitrogens is 4. The van der Waals surface area contributed by atoms with Gasteiger partial charge in [-0.05, 0) is 76.6 Å². The van der Waals surface area contributed by atoms with Crippen LogP contribution in [0.5, 0.6) is 0 Å². The summed E-state index contributed by atoms with van der Waals surface area (Å²) in [5, 5.41) is 22.2. The van der Waals surface area contributed by atoms with E-state index in [2.05, 4.69) is 20.8 Å². The SMILES string of the molecule is CC(C)(C)OC(=O)N1CC[C@@H](c2c(F)c(F)cc(F)c2F)[C@H](N)C1.Cn1nccc1-c1ccc(C(=O)N[C@@H]2CNCC[C@H]2c2c(F)c(F)cc(F)c2F)c(F)c1.Cn1nccc1-c1ccc(C(=O)O)c(F)c1. The second-order valence-electron chi connectivity index (χ2n) is 17.8. The molecule has 4 aromatic carbocycles. The Morgan fingerprint density at radius 3 is 1.57 bits per heavy atom. The summed E-state index contributed by atoms with van der Waals surface area (Å²) in [6.07, 6.45) is 2.74. The number of aryl methyl sites for hydroxylation is 2. The lowest BCUT2D eigenvalue weighted by Crippen LogP contribution is -2.51. The largest absolute Gasteiger partial charge is 0.478 e. The van der Waals surface area contributed by atoms with E-state index < -0.39 is 117 Å². The number of hydrogen-bond donors (Lipinski definition) is 4. The summed E-state index contributed by atoms with van der Waals surface area (Å²) in [5.74, 6) is -17.4. The molecule has 23 heteroatoms. The number of carbonyl (C=O) groups is 3. The summed E-state index contributed by atoms with van der Waals surface area (Å²) < 4.78 is 147. The second-order valence-corrected chi connectivity index (χ2v) is 17.8. The van der Waals surface area contributed by atoms with Gasteiger partial charge in [-0.2, -0.15) is 10.2 Å². The highest BCUT2D eigenvalue weighted by atomic mass is 19.2. The van der Waals surface area contributed by atoms with E-state index >= 15 is 0 Å². The van der Waals surface area contributed by atoms with E-state index in [0.717, 1.165) is 5.69 Å². The summed E-state index contributed by atoms with van der Waals surface area (Å²) in [7, 11) is 3.43. The highest BCUT2D eigenvalue weighted by molar-refractivity contribution is 5.95. The molecule has 0 radical (unpaired) electrons. The summed E-state index contributed by atoms with van der Waals surface area (Å²) in [5.41, 5.74) is 5.64. The van der Waals surface area contributed by atoms with Crippen molar-refractivity contribution in [1.82, 2.24) is 35.1 Å². The van der Waals surface area contributed by atoms with Gasteiger partial charge in [-0.25, -0.2) is 53.5 Å². The zero-order valence-corrected chi connectivity index (χ0v) is 39.2. The smallest absolute Gasteiger partial charge is 0.410 e. The Balaban J connectivity index is 0.000000187. The Bertz CT molecular complexity index is 2930. The molecule has 4 atom stereocenters. The van der Waals surface area contributed by atoms with Gasteiger partial charge in [0.05, 0.1) is 22.5 Å². The molecule has 2 amide bonds. The van der Waals surface area contributed by atoms with E-state index in [1.165, 1.54) is 29.2 Å². The third-order valence-electron chi connectivity index (χ3n) is 11.8. The van der Waals surface area contributed by atoms with Crippen molar-refractivity contribution in [2.24, 2.45) is 19.8 Å². The first kappa shape index (κ1) is 54.1.